The summed E-state index contributed by atoms with van der Waals surface area (Å²) in [5.74, 6) is 0. The zero-order valence-corrected chi connectivity index (χ0v) is 19.5. The van der Waals surface area contributed by atoms with Crippen LogP contribution < -0.4 is 5.69 Å². The van der Waals surface area contributed by atoms with Crippen LogP contribution in [0.3, 0.4) is 0 Å². The number of nitrogens with zero attached hydrogens (tertiary/aromatic N) is 3. The molecule has 4 rings (SSSR count). The maximum Gasteiger partial charge on any atom is 0.333 e. The maximum atomic E-state index is 13.1. The molecule has 3 heterocycles. The van der Waals surface area contributed by atoms with E-state index in [0.29, 0.717) is 0 Å². The SMILES string of the molecule is C=C/C(=C\c1cc[nH]c1C)c1ccnc(-c2cn(C)c(=O)n2-c2cccc(CCCC)c2)c1.[HH]. The Balaban J connectivity index is 0.00000324. The summed E-state index contributed by atoms with van der Waals surface area (Å²) in [5, 5.41) is 0. The van der Waals surface area contributed by atoms with E-state index in [9.17, 15) is 4.79 Å². The van der Waals surface area contributed by atoms with Crippen LogP contribution in [-0.2, 0) is 13.5 Å². The molecule has 0 aliphatic carbocycles. The van der Waals surface area contributed by atoms with Gasteiger partial charge in [0.05, 0.1) is 17.1 Å². The molecule has 3 aromatic heterocycles. The minimum atomic E-state index is -0.0905. The van der Waals surface area contributed by atoms with Crippen molar-refractivity contribution in [1.29, 1.82) is 0 Å². The topological polar surface area (TPSA) is 55.6 Å². The Labute approximate surface area is 196 Å². The van der Waals surface area contributed by atoms with Gasteiger partial charge in [-0.25, -0.2) is 4.79 Å². The number of allylic oxidation sites excluding steroid dienone is 2. The van der Waals surface area contributed by atoms with Gasteiger partial charge in [-0.1, -0.05) is 38.1 Å². The van der Waals surface area contributed by atoms with E-state index in [2.05, 4.69) is 41.7 Å². The molecule has 33 heavy (non-hydrogen) atoms. The highest BCUT2D eigenvalue weighted by Crippen LogP contribution is 2.26. The van der Waals surface area contributed by atoms with Crippen molar-refractivity contribution < 1.29 is 1.43 Å². The number of pyridine rings is 1. The van der Waals surface area contributed by atoms with Gasteiger partial charge in [-0.3, -0.25) is 9.55 Å². The Kier molecular flexibility index (Phi) is 6.59. The summed E-state index contributed by atoms with van der Waals surface area (Å²) in [6.07, 6.45) is 12.8. The van der Waals surface area contributed by atoms with Crippen molar-refractivity contribution in [2.24, 2.45) is 7.05 Å². The fourth-order valence-corrected chi connectivity index (χ4v) is 4.02. The van der Waals surface area contributed by atoms with Crippen LogP contribution in [0.2, 0.25) is 0 Å². The molecule has 0 saturated heterocycles. The number of aromatic nitrogens is 4. The van der Waals surface area contributed by atoms with Crippen LogP contribution >= 0.6 is 0 Å². The van der Waals surface area contributed by atoms with Gasteiger partial charge in [0.15, 0.2) is 0 Å². The fraction of sp³-hybridized carbons (Fsp3) is 0.214. The summed E-state index contributed by atoms with van der Waals surface area (Å²) >= 11 is 0. The largest absolute Gasteiger partial charge is 0.365 e. The van der Waals surface area contributed by atoms with Gasteiger partial charge in [-0.2, -0.15) is 0 Å². The summed E-state index contributed by atoms with van der Waals surface area (Å²) in [4.78, 5) is 20.9. The lowest BCUT2D eigenvalue weighted by Gasteiger charge is -2.10. The molecule has 0 amide bonds. The quantitative estimate of drug-likeness (QED) is 0.332. The fourth-order valence-electron chi connectivity index (χ4n) is 4.02. The van der Waals surface area contributed by atoms with Crippen molar-refractivity contribution >= 4 is 11.6 Å². The maximum absolute atomic E-state index is 13.1. The van der Waals surface area contributed by atoms with Crippen molar-refractivity contribution in [2.45, 2.75) is 33.1 Å². The Morgan fingerprint density at radius 1 is 1.24 bits per heavy atom. The van der Waals surface area contributed by atoms with Crippen molar-refractivity contribution in [1.82, 2.24) is 19.1 Å². The van der Waals surface area contributed by atoms with Gasteiger partial charge in [-0.05, 0) is 78.4 Å². The molecule has 1 N–H and O–H groups in total. The van der Waals surface area contributed by atoms with E-state index >= 15 is 0 Å². The van der Waals surface area contributed by atoms with Crippen LogP contribution in [0.25, 0.3) is 28.7 Å². The molecular formula is C28H32N4O. The normalized spacial score (nSPS) is 11.7. The van der Waals surface area contributed by atoms with Crippen molar-refractivity contribution in [3.63, 3.8) is 0 Å². The number of H-pyrrole nitrogens is 1. The summed E-state index contributed by atoms with van der Waals surface area (Å²) in [7, 11) is 1.77. The number of imidazole rings is 1. The molecule has 5 nitrogen and oxygen atoms in total. The number of aryl methyl sites for hydroxylation is 3. The first-order valence-corrected chi connectivity index (χ1v) is 11.3. The number of rotatable bonds is 8. The lowest BCUT2D eigenvalue weighted by atomic mass is 10.0. The highest BCUT2D eigenvalue weighted by molar-refractivity contribution is 5.88. The summed E-state index contributed by atoms with van der Waals surface area (Å²) in [6.45, 7) is 8.24. The van der Waals surface area contributed by atoms with E-state index in [4.69, 9.17) is 0 Å². The molecule has 0 aliphatic heterocycles. The minimum Gasteiger partial charge on any atom is -0.365 e. The number of benzene rings is 1. The summed E-state index contributed by atoms with van der Waals surface area (Å²) in [5.41, 5.74) is 7.71. The first-order chi connectivity index (χ1) is 16.0. The van der Waals surface area contributed by atoms with Gasteiger partial charge in [0.1, 0.15) is 0 Å². The molecule has 4 aromatic rings. The van der Waals surface area contributed by atoms with E-state index < -0.39 is 0 Å². The van der Waals surface area contributed by atoms with Crippen molar-refractivity contribution in [2.75, 3.05) is 0 Å². The summed E-state index contributed by atoms with van der Waals surface area (Å²) in [6, 6.07) is 14.3. The second kappa shape index (κ2) is 9.74. The predicted molar refractivity (Wildman–Crippen MR) is 139 cm³/mol. The lowest BCUT2D eigenvalue weighted by molar-refractivity contribution is 0.791. The average molecular weight is 441 g/mol. The van der Waals surface area contributed by atoms with Crippen LogP contribution in [0.5, 0.6) is 0 Å². The molecule has 0 atom stereocenters. The first kappa shape index (κ1) is 22.3. The Bertz CT molecular complexity index is 1370. The van der Waals surface area contributed by atoms with E-state index in [1.54, 1.807) is 22.4 Å². The number of hydrogen-bond acceptors (Lipinski definition) is 2. The van der Waals surface area contributed by atoms with Gasteiger partial charge >= 0.3 is 5.69 Å². The van der Waals surface area contributed by atoms with Gasteiger partial charge < -0.3 is 9.55 Å². The molecule has 0 fully saturated rings. The van der Waals surface area contributed by atoms with Crippen LogP contribution in [0.1, 0.15) is 43.6 Å². The lowest BCUT2D eigenvalue weighted by Crippen LogP contribution is -2.21. The third-order valence-corrected chi connectivity index (χ3v) is 5.92. The average Bonchev–Trinajstić information content (AvgIpc) is 3.38. The predicted octanol–water partition coefficient (Wildman–Crippen LogP) is 6.19. The Hall–Kier alpha value is -3.86. The van der Waals surface area contributed by atoms with Crippen LogP contribution in [0, 0.1) is 6.92 Å². The van der Waals surface area contributed by atoms with E-state index in [0.717, 1.165) is 58.7 Å². The minimum absolute atomic E-state index is 0. The third kappa shape index (κ3) is 4.67. The molecule has 0 radical (unpaired) electrons. The number of nitrogens with one attached hydrogen (secondary N) is 1. The second-order valence-electron chi connectivity index (χ2n) is 8.31. The molecule has 5 heteroatoms. The zero-order chi connectivity index (χ0) is 23.4. The van der Waals surface area contributed by atoms with Gasteiger partial charge in [0.2, 0.25) is 0 Å². The monoisotopic (exact) mass is 440 g/mol. The van der Waals surface area contributed by atoms with Crippen molar-refractivity contribution in [3.8, 4) is 17.1 Å². The standard InChI is InChI=1S/C28H30N4O.H2/c1-5-7-9-21-10-8-11-25(16-21)32-27(19-31(4)28(32)33)26-18-24(13-15-30-26)22(6-2)17-23-12-14-29-20(23)3;/h6,8,10-19,29H,2,5,7,9H2,1,3-4H3;1H/b22-17+;. The molecule has 170 valence electrons. The molecule has 0 bridgehead atoms. The van der Waals surface area contributed by atoms with Crippen LogP contribution in [-0.4, -0.2) is 19.1 Å². The highest BCUT2D eigenvalue weighted by Gasteiger charge is 2.15. The number of unbranched alkanes of at least 4 members (excludes halogenated alkanes) is 1. The van der Waals surface area contributed by atoms with Crippen LogP contribution in [0.15, 0.2) is 78.5 Å². The highest BCUT2D eigenvalue weighted by atomic mass is 16.1. The molecule has 0 saturated carbocycles. The molecule has 1 aromatic carbocycles. The smallest absolute Gasteiger partial charge is 0.333 e. The van der Waals surface area contributed by atoms with Gasteiger partial charge in [0, 0.05) is 32.8 Å². The molecular weight excluding hydrogens is 408 g/mol. The van der Waals surface area contributed by atoms with Crippen molar-refractivity contribution in [3.05, 3.63) is 107 Å². The van der Waals surface area contributed by atoms with Gasteiger partial charge in [-0.15, -0.1) is 0 Å². The van der Waals surface area contributed by atoms with E-state index in [1.807, 2.05) is 55.7 Å². The third-order valence-electron chi connectivity index (χ3n) is 5.92. The number of aromatic amines is 1. The molecule has 0 unspecified atom stereocenters. The summed E-state index contributed by atoms with van der Waals surface area (Å²) < 4.78 is 3.35. The molecule has 0 aliphatic rings. The Morgan fingerprint density at radius 3 is 2.82 bits per heavy atom. The molecule has 0 spiro atoms. The van der Waals surface area contributed by atoms with Gasteiger partial charge in [0.25, 0.3) is 0 Å². The Morgan fingerprint density at radius 2 is 2.09 bits per heavy atom. The van der Waals surface area contributed by atoms with E-state index in [-0.39, 0.29) is 7.12 Å². The first-order valence-electron chi connectivity index (χ1n) is 11.3. The zero-order valence-electron chi connectivity index (χ0n) is 19.5. The number of hydrogen-bond donors (Lipinski definition) is 1. The van der Waals surface area contributed by atoms with E-state index in [1.165, 1.54) is 5.56 Å². The second-order valence-corrected chi connectivity index (χ2v) is 8.31. The van der Waals surface area contributed by atoms with Crippen LogP contribution in [0.4, 0.5) is 0 Å².